The molecule has 0 radical (unpaired) electrons. The van der Waals surface area contributed by atoms with Crippen LogP contribution in [0.3, 0.4) is 0 Å². The van der Waals surface area contributed by atoms with Crippen LogP contribution < -0.4 is 5.32 Å². The summed E-state index contributed by atoms with van der Waals surface area (Å²) >= 11 is 0. The molecule has 0 aliphatic heterocycles. The first-order valence-electron chi connectivity index (χ1n) is 7.14. The van der Waals surface area contributed by atoms with Crippen molar-refractivity contribution in [3.05, 3.63) is 35.6 Å². The van der Waals surface area contributed by atoms with Gasteiger partial charge in [0.15, 0.2) is 0 Å². The van der Waals surface area contributed by atoms with Crippen LogP contribution in [0.4, 0.5) is 4.39 Å². The lowest BCUT2D eigenvalue weighted by molar-refractivity contribution is 0.170. The van der Waals surface area contributed by atoms with E-state index in [4.69, 9.17) is 4.74 Å². The number of methoxy groups -OCH3 is 1. The van der Waals surface area contributed by atoms with E-state index in [0.717, 1.165) is 32.4 Å². The molecule has 2 nitrogen and oxygen atoms in total. The van der Waals surface area contributed by atoms with Crippen molar-refractivity contribution < 1.29 is 9.13 Å². The number of halogens is 1. The predicted molar refractivity (Wildman–Crippen MR) is 77.8 cm³/mol. The molecule has 1 aromatic rings. The van der Waals surface area contributed by atoms with Crippen LogP contribution in [0.5, 0.6) is 0 Å². The third kappa shape index (κ3) is 6.17. The second-order valence-electron chi connectivity index (χ2n) is 5.15. The van der Waals surface area contributed by atoms with Gasteiger partial charge in [-0.1, -0.05) is 26.0 Å². The van der Waals surface area contributed by atoms with Crippen molar-refractivity contribution in [1.82, 2.24) is 5.32 Å². The Balaban J connectivity index is 2.59. The first-order valence-corrected chi connectivity index (χ1v) is 7.14. The van der Waals surface area contributed by atoms with Crippen LogP contribution in [0, 0.1) is 11.7 Å². The molecule has 0 saturated heterocycles. The van der Waals surface area contributed by atoms with E-state index in [0.29, 0.717) is 12.0 Å². The van der Waals surface area contributed by atoms with Gasteiger partial charge in [0.25, 0.3) is 0 Å². The lowest BCUT2D eigenvalue weighted by Crippen LogP contribution is -2.37. The lowest BCUT2D eigenvalue weighted by Gasteiger charge is -2.25. The third-order valence-corrected chi connectivity index (χ3v) is 3.49. The summed E-state index contributed by atoms with van der Waals surface area (Å²) in [7, 11) is 1.74. The SMILES string of the molecule is CCCNC(Cc1ccc(F)cc1)C(C)CCOC. The minimum atomic E-state index is -0.172. The quantitative estimate of drug-likeness (QED) is 0.740. The highest BCUT2D eigenvalue weighted by molar-refractivity contribution is 5.17. The fraction of sp³-hybridized carbons (Fsp3) is 0.625. The Morgan fingerprint density at radius 3 is 2.53 bits per heavy atom. The largest absolute Gasteiger partial charge is 0.385 e. The number of benzene rings is 1. The lowest BCUT2D eigenvalue weighted by atomic mass is 9.92. The van der Waals surface area contributed by atoms with E-state index in [-0.39, 0.29) is 5.82 Å². The maximum absolute atomic E-state index is 12.9. The first kappa shape index (κ1) is 16.1. The van der Waals surface area contributed by atoms with Crippen molar-refractivity contribution in [3.8, 4) is 0 Å². The molecule has 1 rings (SSSR count). The third-order valence-electron chi connectivity index (χ3n) is 3.49. The van der Waals surface area contributed by atoms with Gasteiger partial charge in [-0.2, -0.15) is 0 Å². The van der Waals surface area contributed by atoms with Gasteiger partial charge in [0.1, 0.15) is 5.82 Å². The summed E-state index contributed by atoms with van der Waals surface area (Å²) in [5.74, 6) is 0.366. The fourth-order valence-corrected chi connectivity index (χ4v) is 2.18. The van der Waals surface area contributed by atoms with Gasteiger partial charge >= 0.3 is 0 Å². The summed E-state index contributed by atoms with van der Waals surface area (Å²) in [5.41, 5.74) is 1.18. The molecule has 2 atom stereocenters. The molecule has 0 aliphatic carbocycles. The molecule has 0 saturated carbocycles. The summed E-state index contributed by atoms with van der Waals surface area (Å²) < 4.78 is 18.1. The minimum absolute atomic E-state index is 0.172. The maximum Gasteiger partial charge on any atom is 0.123 e. The van der Waals surface area contributed by atoms with Crippen LogP contribution in [0.25, 0.3) is 0 Å². The van der Waals surface area contributed by atoms with Crippen molar-refractivity contribution >= 4 is 0 Å². The molecule has 1 aromatic carbocycles. The van der Waals surface area contributed by atoms with Crippen LogP contribution >= 0.6 is 0 Å². The van der Waals surface area contributed by atoms with E-state index in [9.17, 15) is 4.39 Å². The number of rotatable bonds is 9. The molecule has 0 heterocycles. The van der Waals surface area contributed by atoms with E-state index in [2.05, 4.69) is 19.2 Å². The van der Waals surface area contributed by atoms with Crippen LogP contribution in [0.2, 0.25) is 0 Å². The Bertz CT molecular complexity index is 339. The number of hydrogen-bond donors (Lipinski definition) is 1. The highest BCUT2D eigenvalue weighted by Crippen LogP contribution is 2.15. The molecule has 0 bridgehead atoms. The topological polar surface area (TPSA) is 21.3 Å². The molecule has 0 aromatic heterocycles. The Morgan fingerprint density at radius 2 is 1.95 bits per heavy atom. The second kappa shape index (κ2) is 9.05. The Labute approximate surface area is 116 Å². The molecular formula is C16H26FNO. The van der Waals surface area contributed by atoms with Crippen molar-refractivity contribution in [1.29, 1.82) is 0 Å². The van der Waals surface area contributed by atoms with Crippen LogP contribution in [0.1, 0.15) is 32.3 Å². The molecule has 0 aliphatic rings. The Hall–Kier alpha value is -0.930. The van der Waals surface area contributed by atoms with Crippen molar-refractivity contribution in [2.24, 2.45) is 5.92 Å². The molecule has 0 amide bonds. The monoisotopic (exact) mass is 267 g/mol. The zero-order valence-electron chi connectivity index (χ0n) is 12.3. The average Bonchev–Trinajstić information content (AvgIpc) is 2.42. The minimum Gasteiger partial charge on any atom is -0.385 e. The zero-order chi connectivity index (χ0) is 14.1. The first-order chi connectivity index (χ1) is 9.17. The zero-order valence-corrected chi connectivity index (χ0v) is 12.3. The molecule has 0 spiro atoms. The van der Waals surface area contributed by atoms with Crippen molar-refractivity contribution in [2.75, 3.05) is 20.3 Å². The summed E-state index contributed by atoms with van der Waals surface area (Å²) in [6.07, 6.45) is 3.10. The predicted octanol–water partition coefficient (Wildman–Crippen LogP) is 3.41. The highest BCUT2D eigenvalue weighted by atomic mass is 19.1. The van der Waals surface area contributed by atoms with E-state index in [1.54, 1.807) is 7.11 Å². The molecule has 2 unspecified atom stereocenters. The van der Waals surface area contributed by atoms with E-state index in [1.807, 2.05) is 12.1 Å². The van der Waals surface area contributed by atoms with E-state index in [1.165, 1.54) is 17.7 Å². The van der Waals surface area contributed by atoms with Crippen molar-refractivity contribution in [2.45, 2.75) is 39.2 Å². The second-order valence-corrected chi connectivity index (χ2v) is 5.15. The Morgan fingerprint density at radius 1 is 1.26 bits per heavy atom. The molecule has 3 heteroatoms. The summed E-state index contributed by atoms with van der Waals surface area (Å²) in [5, 5.41) is 3.59. The highest BCUT2D eigenvalue weighted by Gasteiger charge is 2.16. The number of ether oxygens (including phenoxy) is 1. The summed E-state index contributed by atoms with van der Waals surface area (Å²) in [6.45, 7) is 6.22. The van der Waals surface area contributed by atoms with E-state index >= 15 is 0 Å². The maximum atomic E-state index is 12.9. The van der Waals surface area contributed by atoms with Gasteiger partial charge in [0.2, 0.25) is 0 Å². The van der Waals surface area contributed by atoms with Gasteiger partial charge in [0, 0.05) is 19.8 Å². The Kier molecular flexibility index (Phi) is 7.68. The molecule has 108 valence electrons. The van der Waals surface area contributed by atoms with Crippen LogP contribution in [-0.2, 0) is 11.2 Å². The number of nitrogens with one attached hydrogen (secondary N) is 1. The molecule has 19 heavy (non-hydrogen) atoms. The van der Waals surface area contributed by atoms with Crippen LogP contribution in [-0.4, -0.2) is 26.3 Å². The standard InChI is InChI=1S/C16H26FNO/c1-4-10-18-16(13(2)9-11-19-3)12-14-5-7-15(17)8-6-14/h5-8,13,16,18H,4,9-12H2,1-3H3. The smallest absolute Gasteiger partial charge is 0.123 e. The van der Waals surface area contributed by atoms with Gasteiger partial charge in [0.05, 0.1) is 0 Å². The molecule has 1 N–H and O–H groups in total. The van der Waals surface area contributed by atoms with Gasteiger partial charge < -0.3 is 10.1 Å². The number of hydrogen-bond acceptors (Lipinski definition) is 2. The summed E-state index contributed by atoms with van der Waals surface area (Å²) in [4.78, 5) is 0. The van der Waals surface area contributed by atoms with Crippen LogP contribution in [0.15, 0.2) is 24.3 Å². The normalized spacial score (nSPS) is 14.3. The molecular weight excluding hydrogens is 241 g/mol. The van der Waals surface area contributed by atoms with Gasteiger partial charge in [-0.3, -0.25) is 0 Å². The average molecular weight is 267 g/mol. The fourth-order valence-electron chi connectivity index (χ4n) is 2.18. The van der Waals surface area contributed by atoms with Gasteiger partial charge in [-0.25, -0.2) is 4.39 Å². The van der Waals surface area contributed by atoms with E-state index < -0.39 is 0 Å². The van der Waals surface area contributed by atoms with Gasteiger partial charge in [-0.15, -0.1) is 0 Å². The van der Waals surface area contributed by atoms with Crippen molar-refractivity contribution in [3.63, 3.8) is 0 Å². The summed E-state index contributed by atoms with van der Waals surface area (Å²) in [6, 6.07) is 7.23. The molecule has 0 fully saturated rings. The van der Waals surface area contributed by atoms with Gasteiger partial charge in [-0.05, 0) is 49.4 Å².